The van der Waals surface area contributed by atoms with E-state index in [1.54, 1.807) is 36.7 Å². The van der Waals surface area contributed by atoms with Gasteiger partial charge < -0.3 is 10.1 Å². The molecule has 3 rings (SSSR count). The highest BCUT2D eigenvalue weighted by Gasteiger charge is 2.13. The van der Waals surface area contributed by atoms with Crippen LogP contribution in [0.2, 0.25) is 0 Å². The van der Waals surface area contributed by atoms with Crippen LogP contribution < -0.4 is 10.1 Å². The first-order valence-corrected chi connectivity index (χ1v) is 6.68. The van der Waals surface area contributed by atoms with Gasteiger partial charge in [0.05, 0.1) is 18.4 Å². The summed E-state index contributed by atoms with van der Waals surface area (Å²) in [5, 5.41) is 9.73. The van der Waals surface area contributed by atoms with Crippen LogP contribution in [0.5, 0.6) is 5.75 Å². The molecule has 0 spiro atoms. The van der Waals surface area contributed by atoms with Gasteiger partial charge in [-0.1, -0.05) is 12.1 Å². The van der Waals surface area contributed by atoms with Crippen LogP contribution in [0.15, 0.2) is 54.9 Å². The number of nitrogens with zero attached hydrogens (tertiary/aromatic N) is 2. The maximum atomic E-state index is 12.3. The van der Waals surface area contributed by atoms with Gasteiger partial charge in [-0.15, -0.1) is 0 Å². The molecule has 0 atom stereocenters. The summed E-state index contributed by atoms with van der Waals surface area (Å²) in [6.07, 6.45) is 3.40. The summed E-state index contributed by atoms with van der Waals surface area (Å²) in [5.74, 6) is 0.692. The Morgan fingerprint density at radius 3 is 2.73 bits per heavy atom. The van der Waals surface area contributed by atoms with Gasteiger partial charge in [-0.3, -0.25) is 14.9 Å². The molecule has 0 aliphatic rings. The Balaban J connectivity index is 1.79. The van der Waals surface area contributed by atoms with Crippen LogP contribution in [0, 0.1) is 0 Å². The van der Waals surface area contributed by atoms with Crippen LogP contribution in [0.1, 0.15) is 10.4 Å². The topological polar surface area (TPSA) is 79.9 Å². The lowest BCUT2D eigenvalue weighted by Gasteiger charge is -2.07. The first kappa shape index (κ1) is 13.8. The average Bonchev–Trinajstić information content (AvgIpc) is 3.04. The Kier molecular flexibility index (Phi) is 3.82. The molecule has 2 heterocycles. The lowest BCUT2D eigenvalue weighted by molar-refractivity contribution is 0.102. The standard InChI is InChI=1S/C16H14N4O2/c1-22-14-5-3-2-4-12(14)16(21)18-15-10-13(19-20-15)11-6-8-17-9-7-11/h2-10H,1H3,(H2,18,19,20,21). The molecule has 3 aromatic rings. The summed E-state index contributed by atoms with van der Waals surface area (Å²) < 4.78 is 5.18. The van der Waals surface area contributed by atoms with Gasteiger partial charge >= 0.3 is 0 Å². The smallest absolute Gasteiger partial charge is 0.260 e. The first-order valence-electron chi connectivity index (χ1n) is 6.68. The van der Waals surface area contributed by atoms with Gasteiger partial charge in [0.25, 0.3) is 5.91 Å². The zero-order chi connectivity index (χ0) is 15.4. The fraction of sp³-hybridized carbons (Fsp3) is 0.0625. The molecule has 0 radical (unpaired) electrons. The van der Waals surface area contributed by atoms with Crippen molar-refractivity contribution in [1.29, 1.82) is 0 Å². The Morgan fingerprint density at radius 2 is 1.95 bits per heavy atom. The molecule has 110 valence electrons. The van der Waals surface area contributed by atoms with Gasteiger partial charge in [0.15, 0.2) is 5.82 Å². The molecule has 6 nitrogen and oxygen atoms in total. The van der Waals surface area contributed by atoms with Gasteiger partial charge in [-0.2, -0.15) is 5.10 Å². The number of aromatic amines is 1. The second-order valence-electron chi connectivity index (χ2n) is 4.56. The predicted octanol–water partition coefficient (Wildman–Crippen LogP) is 2.73. The number of benzene rings is 1. The highest BCUT2D eigenvalue weighted by atomic mass is 16.5. The van der Waals surface area contributed by atoms with E-state index in [0.717, 1.165) is 11.3 Å². The fourth-order valence-electron chi connectivity index (χ4n) is 2.08. The third kappa shape index (κ3) is 2.80. The number of aromatic nitrogens is 3. The lowest BCUT2D eigenvalue weighted by Crippen LogP contribution is -2.13. The third-order valence-corrected chi connectivity index (χ3v) is 3.16. The highest BCUT2D eigenvalue weighted by molar-refractivity contribution is 6.05. The molecule has 0 fully saturated rings. The number of pyridine rings is 1. The van der Waals surface area contributed by atoms with E-state index in [0.29, 0.717) is 17.1 Å². The number of ether oxygens (including phenoxy) is 1. The molecule has 1 aromatic carbocycles. The highest BCUT2D eigenvalue weighted by Crippen LogP contribution is 2.21. The van der Waals surface area contributed by atoms with Crippen LogP contribution in [-0.4, -0.2) is 28.2 Å². The normalized spacial score (nSPS) is 10.2. The molecule has 0 aliphatic carbocycles. The van der Waals surface area contributed by atoms with E-state index < -0.39 is 0 Å². The SMILES string of the molecule is COc1ccccc1C(=O)Nc1cc(-c2ccncc2)[nH]n1. The van der Waals surface area contributed by atoms with Crippen molar-refractivity contribution in [3.8, 4) is 17.0 Å². The molecule has 6 heteroatoms. The van der Waals surface area contributed by atoms with Crippen LogP contribution >= 0.6 is 0 Å². The van der Waals surface area contributed by atoms with Gasteiger partial charge in [-0.05, 0) is 24.3 Å². The monoisotopic (exact) mass is 294 g/mol. The summed E-state index contributed by atoms with van der Waals surface area (Å²) in [4.78, 5) is 16.3. The zero-order valence-corrected chi connectivity index (χ0v) is 11.9. The summed E-state index contributed by atoms with van der Waals surface area (Å²) in [7, 11) is 1.53. The van der Waals surface area contributed by atoms with Crippen LogP contribution in [0.25, 0.3) is 11.3 Å². The van der Waals surface area contributed by atoms with Crippen molar-refractivity contribution in [3.05, 3.63) is 60.4 Å². The predicted molar refractivity (Wildman–Crippen MR) is 82.8 cm³/mol. The number of para-hydroxylation sites is 1. The van der Waals surface area contributed by atoms with Crippen molar-refractivity contribution in [2.45, 2.75) is 0 Å². The molecule has 0 unspecified atom stereocenters. The Morgan fingerprint density at radius 1 is 1.18 bits per heavy atom. The number of rotatable bonds is 4. The molecule has 0 saturated carbocycles. The average molecular weight is 294 g/mol. The van der Waals surface area contributed by atoms with E-state index in [-0.39, 0.29) is 5.91 Å². The van der Waals surface area contributed by atoms with Crippen molar-refractivity contribution >= 4 is 11.7 Å². The van der Waals surface area contributed by atoms with Crippen molar-refractivity contribution < 1.29 is 9.53 Å². The maximum Gasteiger partial charge on any atom is 0.260 e. The van der Waals surface area contributed by atoms with Gasteiger partial charge in [-0.25, -0.2) is 0 Å². The number of H-pyrrole nitrogens is 1. The van der Waals surface area contributed by atoms with E-state index in [4.69, 9.17) is 4.74 Å². The number of methoxy groups -OCH3 is 1. The van der Waals surface area contributed by atoms with Crippen molar-refractivity contribution in [2.75, 3.05) is 12.4 Å². The minimum Gasteiger partial charge on any atom is -0.496 e. The van der Waals surface area contributed by atoms with E-state index in [1.807, 2.05) is 18.2 Å². The zero-order valence-electron chi connectivity index (χ0n) is 11.9. The molecule has 0 saturated heterocycles. The van der Waals surface area contributed by atoms with Crippen molar-refractivity contribution in [2.24, 2.45) is 0 Å². The summed E-state index contributed by atoms with van der Waals surface area (Å²) >= 11 is 0. The second-order valence-corrected chi connectivity index (χ2v) is 4.56. The van der Waals surface area contributed by atoms with Crippen LogP contribution in [0.4, 0.5) is 5.82 Å². The van der Waals surface area contributed by atoms with Crippen LogP contribution in [-0.2, 0) is 0 Å². The maximum absolute atomic E-state index is 12.3. The van der Waals surface area contributed by atoms with Gasteiger partial charge in [0, 0.05) is 24.0 Å². The number of anilines is 1. The number of amides is 1. The fourth-order valence-corrected chi connectivity index (χ4v) is 2.08. The number of hydrogen-bond donors (Lipinski definition) is 2. The molecular weight excluding hydrogens is 280 g/mol. The van der Waals surface area contributed by atoms with Gasteiger partial charge in [0.1, 0.15) is 5.75 Å². The van der Waals surface area contributed by atoms with Gasteiger partial charge in [0.2, 0.25) is 0 Å². The largest absolute Gasteiger partial charge is 0.496 e. The molecule has 2 N–H and O–H groups in total. The first-order chi connectivity index (χ1) is 10.8. The van der Waals surface area contributed by atoms with Crippen molar-refractivity contribution in [1.82, 2.24) is 15.2 Å². The number of carbonyl (C=O) groups excluding carboxylic acids is 1. The Labute approximate surface area is 127 Å². The second kappa shape index (κ2) is 6.09. The number of nitrogens with one attached hydrogen (secondary N) is 2. The minimum absolute atomic E-state index is 0.273. The molecule has 0 bridgehead atoms. The van der Waals surface area contributed by atoms with Crippen LogP contribution in [0.3, 0.4) is 0 Å². The van der Waals surface area contributed by atoms with E-state index >= 15 is 0 Å². The molecule has 22 heavy (non-hydrogen) atoms. The molecular formula is C16H14N4O2. The molecule has 0 aliphatic heterocycles. The Bertz CT molecular complexity index is 784. The number of carbonyl (C=O) groups is 1. The van der Waals surface area contributed by atoms with Crippen molar-refractivity contribution in [3.63, 3.8) is 0 Å². The Hall–Kier alpha value is -3.15. The van der Waals surface area contributed by atoms with E-state index in [9.17, 15) is 4.79 Å². The summed E-state index contributed by atoms with van der Waals surface area (Å²) in [5.41, 5.74) is 2.21. The van der Waals surface area contributed by atoms with E-state index in [2.05, 4.69) is 20.5 Å². The quantitative estimate of drug-likeness (QED) is 0.775. The minimum atomic E-state index is -0.273. The summed E-state index contributed by atoms with van der Waals surface area (Å²) in [6.45, 7) is 0. The lowest BCUT2D eigenvalue weighted by atomic mass is 10.2. The number of hydrogen-bond acceptors (Lipinski definition) is 4. The summed E-state index contributed by atoms with van der Waals surface area (Å²) in [6, 6.07) is 12.5. The van der Waals surface area contributed by atoms with E-state index in [1.165, 1.54) is 7.11 Å². The molecule has 2 aromatic heterocycles. The third-order valence-electron chi connectivity index (χ3n) is 3.16. The molecule has 1 amide bonds.